The van der Waals surface area contributed by atoms with Crippen molar-refractivity contribution in [3.05, 3.63) is 29.6 Å². The number of hydrogen-bond donors (Lipinski definition) is 2. The lowest BCUT2D eigenvalue weighted by molar-refractivity contribution is -0.137. The fraction of sp³-hybridized carbons (Fsp3) is 0.526. The van der Waals surface area contributed by atoms with Crippen LogP contribution in [-0.4, -0.2) is 51.4 Å². The summed E-state index contributed by atoms with van der Waals surface area (Å²) in [6.07, 6.45) is -2.74. The first-order chi connectivity index (χ1) is 14.1. The molecule has 0 radical (unpaired) electrons. The van der Waals surface area contributed by atoms with E-state index in [2.05, 4.69) is 15.4 Å². The van der Waals surface area contributed by atoms with Crippen molar-refractivity contribution in [1.29, 1.82) is 0 Å². The van der Waals surface area contributed by atoms with Gasteiger partial charge in [-0.3, -0.25) is 4.68 Å². The number of anilines is 1. The molecule has 162 valence electrons. The van der Waals surface area contributed by atoms with Crippen molar-refractivity contribution in [1.82, 2.24) is 25.0 Å². The highest BCUT2D eigenvalue weighted by Crippen LogP contribution is 2.41. The van der Waals surface area contributed by atoms with Gasteiger partial charge in [-0.25, -0.2) is 9.78 Å². The van der Waals surface area contributed by atoms with Crippen LogP contribution in [0.15, 0.2) is 18.3 Å². The highest BCUT2D eigenvalue weighted by atomic mass is 19.4. The van der Waals surface area contributed by atoms with Gasteiger partial charge in [0.1, 0.15) is 11.4 Å². The number of rotatable bonds is 2. The monoisotopic (exact) mass is 424 g/mol. The molecule has 1 fully saturated rings. The molecule has 8 nitrogen and oxygen atoms in total. The predicted molar refractivity (Wildman–Crippen MR) is 102 cm³/mol. The number of ether oxygens (including phenoxy) is 1. The van der Waals surface area contributed by atoms with E-state index >= 15 is 0 Å². The fourth-order valence-corrected chi connectivity index (χ4v) is 3.96. The van der Waals surface area contributed by atoms with Crippen LogP contribution in [0.3, 0.4) is 0 Å². The van der Waals surface area contributed by atoms with E-state index in [1.54, 1.807) is 15.6 Å². The standard InChI is InChI=1S/C19H23F3N6O2/c1-11(2)25-17(29)27-4-3-18(10-27)15-8-14(26-28(15)5-6-30-18)12-7-13(19(20,21)22)16(23)24-9-12/h7-9,11H,3-6,10H2,1-2H3,(H2,23,24)(H,25,29)/t18-/m1/s1. The van der Waals surface area contributed by atoms with Gasteiger partial charge in [-0.1, -0.05) is 0 Å². The largest absolute Gasteiger partial charge is 0.419 e. The molecule has 4 heterocycles. The summed E-state index contributed by atoms with van der Waals surface area (Å²) in [5.41, 5.74) is 5.01. The molecule has 3 N–H and O–H groups in total. The molecule has 2 aromatic rings. The molecule has 30 heavy (non-hydrogen) atoms. The van der Waals surface area contributed by atoms with Crippen LogP contribution in [0, 0.1) is 0 Å². The van der Waals surface area contributed by atoms with Gasteiger partial charge in [0, 0.05) is 30.8 Å². The van der Waals surface area contributed by atoms with Crippen molar-refractivity contribution in [2.45, 2.75) is 44.6 Å². The molecule has 0 aliphatic carbocycles. The Labute approximate surface area is 171 Å². The number of halogens is 3. The van der Waals surface area contributed by atoms with Gasteiger partial charge in [0.05, 0.1) is 36.6 Å². The Morgan fingerprint density at radius 2 is 2.10 bits per heavy atom. The van der Waals surface area contributed by atoms with Gasteiger partial charge >= 0.3 is 12.2 Å². The summed E-state index contributed by atoms with van der Waals surface area (Å²) in [6, 6.07) is 2.52. The summed E-state index contributed by atoms with van der Waals surface area (Å²) in [7, 11) is 0. The number of pyridine rings is 1. The topological polar surface area (TPSA) is 98.3 Å². The number of nitrogens with one attached hydrogen (secondary N) is 1. The predicted octanol–water partition coefficient (Wildman–Crippen LogP) is 2.60. The maximum atomic E-state index is 13.2. The van der Waals surface area contributed by atoms with Crippen LogP contribution in [-0.2, 0) is 23.1 Å². The number of carbonyl (C=O) groups is 1. The number of fused-ring (bicyclic) bond motifs is 2. The summed E-state index contributed by atoms with van der Waals surface area (Å²) in [5, 5.41) is 7.35. The van der Waals surface area contributed by atoms with Crippen LogP contribution in [0.25, 0.3) is 11.3 Å². The molecule has 2 aliphatic heterocycles. The zero-order valence-electron chi connectivity index (χ0n) is 16.7. The molecule has 2 aliphatic rings. The molecule has 4 rings (SSSR count). The first-order valence-electron chi connectivity index (χ1n) is 9.70. The lowest BCUT2D eigenvalue weighted by Crippen LogP contribution is -2.45. The van der Waals surface area contributed by atoms with E-state index in [1.807, 2.05) is 13.8 Å². The highest BCUT2D eigenvalue weighted by Gasteiger charge is 2.47. The van der Waals surface area contributed by atoms with Gasteiger partial charge in [0.2, 0.25) is 0 Å². The van der Waals surface area contributed by atoms with Crippen molar-refractivity contribution >= 4 is 11.8 Å². The molecule has 0 bridgehead atoms. The van der Waals surface area contributed by atoms with Crippen LogP contribution < -0.4 is 11.1 Å². The van der Waals surface area contributed by atoms with E-state index < -0.39 is 23.2 Å². The second-order valence-electron chi connectivity index (χ2n) is 7.91. The number of nitrogens with zero attached hydrogens (tertiary/aromatic N) is 4. The Kier molecular flexibility index (Phi) is 4.88. The van der Waals surface area contributed by atoms with Gasteiger partial charge in [-0.05, 0) is 26.0 Å². The number of likely N-dealkylation sites (tertiary alicyclic amines) is 1. The van der Waals surface area contributed by atoms with Crippen LogP contribution >= 0.6 is 0 Å². The van der Waals surface area contributed by atoms with Gasteiger partial charge < -0.3 is 20.7 Å². The van der Waals surface area contributed by atoms with Gasteiger partial charge in [-0.2, -0.15) is 18.3 Å². The van der Waals surface area contributed by atoms with E-state index in [0.29, 0.717) is 38.4 Å². The van der Waals surface area contributed by atoms with Crippen LogP contribution in [0.2, 0.25) is 0 Å². The fourth-order valence-electron chi connectivity index (χ4n) is 3.96. The summed E-state index contributed by atoms with van der Waals surface area (Å²) >= 11 is 0. The summed E-state index contributed by atoms with van der Waals surface area (Å²) in [4.78, 5) is 17.8. The molecular weight excluding hydrogens is 401 g/mol. The van der Waals surface area contributed by atoms with Gasteiger partial charge in [-0.15, -0.1) is 0 Å². The molecule has 2 amide bonds. The quantitative estimate of drug-likeness (QED) is 0.772. The molecule has 1 atom stereocenters. The van der Waals surface area contributed by atoms with Crippen molar-refractivity contribution in [2.24, 2.45) is 0 Å². The Morgan fingerprint density at radius 3 is 2.80 bits per heavy atom. The van der Waals surface area contributed by atoms with E-state index in [0.717, 1.165) is 11.8 Å². The van der Waals surface area contributed by atoms with E-state index in [1.165, 1.54) is 6.20 Å². The van der Waals surface area contributed by atoms with Crippen molar-refractivity contribution in [3.8, 4) is 11.3 Å². The van der Waals surface area contributed by atoms with E-state index in [9.17, 15) is 18.0 Å². The zero-order chi connectivity index (χ0) is 21.7. The molecular formula is C19H23F3N6O2. The summed E-state index contributed by atoms with van der Waals surface area (Å²) in [5.74, 6) is -0.572. The zero-order valence-corrected chi connectivity index (χ0v) is 16.7. The van der Waals surface area contributed by atoms with E-state index in [-0.39, 0.29) is 17.6 Å². The second-order valence-corrected chi connectivity index (χ2v) is 7.91. The Hall–Kier alpha value is -2.82. The number of alkyl halides is 3. The minimum atomic E-state index is -4.60. The molecule has 0 saturated carbocycles. The van der Waals surface area contributed by atoms with Gasteiger partial charge in [0.15, 0.2) is 0 Å². The minimum absolute atomic E-state index is 0.0132. The maximum absolute atomic E-state index is 13.2. The molecule has 2 aromatic heterocycles. The lowest BCUT2D eigenvalue weighted by atomic mass is 9.96. The van der Waals surface area contributed by atoms with Crippen LogP contribution in [0.1, 0.15) is 31.5 Å². The van der Waals surface area contributed by atoms with E-state index in [4.69, 9.17) is 10.5 Å². The molecule has 0 aromatic carbocycles. The Bertz CT molecular complexity index is 974. The average molecular weight is 424 g/mol. The third kappa shape index (κ3) is 3.57. The van der Waals surface area contributed by atoms with Crippen LogP contribution in [0.4, 0.5) is 23.8 Å². The number of carbonyl (C=O) groups excluding carboxylic acids is 1. The van der Waals surface area contributed by atoms with Crippen molar-refractivity contribution < 1.29 is 22.7 Å². The highest BCUT2D eigenvalue weighted by molar-refractivity contribution is 5.75. The first-order valence-corrected chi connectivity index (χ1v) is 9.70. The minimum Gasteiger partial charge on any atom is -0.383 e. The number of nitrogen functional groups attached to an aromatic ring is 1. The third-order valence-electron chi connectivity index (χ3n) is 5.38. The molecule has 0 unspecified atom stereocenters. The third-order valence-corrected chi connectivity index (χ3v) is 5.38. The summed E-state index contributed by atoms with van der Waals surface area (Å²) < 4.78 is 47.5. The van der Waals surface area contributed by atoms with Crippen LogP contribution in [0.5, 0.6) is 0 Å². The summed E-state index contributed by atoms with van der Waals surface area (Å²) in [6.45, 7) is 5.52. The van der Waals surface area contributed by atoms with Crippen molar-refractivity contribution in [2.75, 3.05) is 25.4 Å². The molecule has 1 spiro atoms. The maximum Gasteiger partial charge on any atom is 0.419 e. The lowest BCUT2D eigenvalue weighted by Gasteiger charge is -2.34. The van der Waals surface area contributed by atoms with Gasteiger partial charge in [0.25, 0.3) is 0 Å². The normalized spacial score (nSPS) is 21.3. The van der Waals surface area contributed by atoms with Crippen molar-refractivity contribution in [3.63, 3.8) is 0 Å². The molecule has 1 saturated heterocycles. The number of hydrogen-bond acceptors (Lipinski definition) is 5. The number of urea groups is 1. The Morgan fingerprint density at radius 1 is 1.33 bits per heavy atom. The smallest absolute Gasteiger partial charge is 0.383 e. The number of amides is 2. The Balaban J connectivity index is 1.66. The number of aromatic nitrogens is 3. The molecule has 11 heteroatoms. The second kappa shape index (κ2) is 7.15. The first kappa shape index (κ1) is 20.5. The SMILES string of the molecule is CC(C)NC(=O)N1CC[C@]2(C1)OCCn1nc(-c3cnc(N)c(C(F)(F)F)c3)cc12. The average Bonchev–Trinajstić information content (AvgIpc) is 3.27. The number of nitrogens with two attached hydrogens (primary N) is 1.